The average molecular weight is 293 g/mol. The van der Waals surface area contributed by atoms with Crippen LogP contribution in [0, 0.1) is 5.92 Å². The van der Waals surface area contributed by atoms with Crippen LogP contribution in [0.2, 0.25) is 0 Å². The summed E-state index contributed by atoms with van der Waals surface area (Å²) >= 11 is 5.27. The van der Waals surface area contributed by atoms with E-state index in [9.17, 15) is 0 Å². The first-order valence-electron chi connectivity index (χ1n) is 5.12. The van der Waals surface area contributed by atoms with Gasteiger partial charge >= 0.3 is 0 Å². The van der Waals surface area contributed by atoms with Gasteiger partial charge in [0.1, 0.15) is 10.0 Å². The Balaban J connectivity index is 2.52. The first-order valence-corrected chi connectivity index (χ1v) is 6.85. The molecule has 1 aromatic rings. The monoisotopic (exact) mass is 292 g/mol. The number of hydrogen-bond acceptors (Lipinski definition) is 4. The van der Waals surface area contributed by atoms with E-state index in [1.54, 1.807) is 18.4 Å². The summed E-state index contributed by atoms with van der Waals surface area (Å²) in [7, 11) is 1.73. The minimum absolute atomic E-state index is 0.349. The van der Waals surface area contributed by atoms with Crippen LogP contribution in [0.3, 0.4) is 0 Å². The lowest BCUT2D eigenvalue weighted by Crippen LogP contribution is -2.06. The summed E-state index contributed by atoms with van der Waals surface area (Å²) in [6.07, 6.45) is 2.00. The van der Waals surface area contributed by atoms with Crippen molar-refractivity contribution in [2.24, 2.45) is 5.92 Å². The van der Waals surface area contributed by atoms with Gasteiger partial charge in [0.2, 0.25) is 0 Å². The molecule has 1 heterocycles. The van der Waals surface area contributed by atoms with Gasteiger partial charge in [0.15, 0.2) is 0 Å². The first kappa shape index (κ1) is 13.1. The van der Waals surface area contributed by atoms with Gasteiger partial charge in [-0.1, -0.05) is 29.8 Å². The van der Waals surface area contributed by atoms with Crippen molar-refractivity contribution in [1.82, 2.24) is 10.2 Å². The summed E-state index contributed by atoms with van der Waals surface area (Å²) in [5.41, 5.74) is 0. The fraction of sp³-hybridized carbons (Fsp3) is 0.800. The van der Waals surface area contributed by atoms with Crippen molar-refractivity contribution in [2.75, 3.05) is 13.7 Å². The molecule has 0 bridgehead atoms. The van der Waals surface area contributed by atoms with E-state index in [1.807, 2.05) is 0 Å². The van der Waals surface area contributed by atoms with E-state index >= 15 is 0 Å². The molecule has 0 aliphatic heterocycles. The highest BCUT2D eigenvalue weighted by Gasteiger charge is 2.13. The maximum absolute atomic E-state index is 5.10. The summed E-state index contributed by atoms with van der Waals surface area (Å²) in [6.45, 7) is 5.07. The summed E-state index contributed by atoms with van der Waals surface area (Å²) < 4.78 is 5.10. The van der Waals surface area contributed by atoms with Gasteiger partial charge in [0, 0.05) is 20.1 Å². The molecular formula is C10H17BrN2OS. The molecule has 1 rings (SSSR count). The topological polar surface area (TPSA) is 35.0 Å². The molecule has 2 atom stereocenters. The van der Waals surface area contributed by atoms with E-state index in [1.165, 1.54) is 0 Å². The number of methoxy groups -OCH3 is 1. The number of hydrogen-bond donors (Lipinski definition) is 0. The third-order valence-corrected chi connectivity index (χ3v) is 4.53. The number of ether oxygens (including phenoxy) is 1. The second kappa shape index (κ2) is 6.55. The molecule has 0 aliphatic rings. The number of halogens is 1. The van der Waals surface area contributed by atoms with Crippen molar-refractivity contribution in [3.05, 3.63) is 10.0 Å². The number of rotatable bonds is 6. The zero-order valence-corrected chi connectivity index (χ0v) is 11.8. The van der Waals surface area contributed by atoms with E-state index < -0.39 is 0 Å². The Kier molecular flexibility index (Phi) is 5.71. The highest BCUT2D eigenvalue weighted by atomic mass is 79.9. The van der Waals surface area contributed by atoms with Crippen LogP contribution in [0.15, 0.2) is 0 Å². The van der Waals surface area contributed by atoms with Crippen molar-refractivity contribution in [2.45, 2.75) is 31.5 Å². The summed E-state index contributed by atoms with van der Waals surface area (Å²) in [4.78, 5) is 0.349. The Morgan fingerprint density at radius 3 is 2.80 bits per heavy atom. The molecule has 0 radical (unpaired) electrons. The molecular weight excluding hydrogens is 276 g/mol. The quantitative estimate of drug-likeness (QED) is 0.755. The van der Waals surface area contributed by atoms with Crippen LogP contribution in [-0.2, 0) is 11.2 Å². The molecule has 2 unspecified atom stereocenters. The lowest BCUT2D eigenvalue weighted by Gasteiger charge is -2.06. The van der Waals surface area contributed by atoms with E-state index in [-0.39, 0.29) is 0 Å². The van der Waals surface area contributed by atoms with Crippen LogP contribution in [0.4, 0.5) is 0 Å². The lowest BCUT2D eigenvalue weighted by molar-refractivity contribution is 0.159. The number of nitrogens with zero attached hydrogens (tertiary/aromatic N) is 2. The van der Waals surface area contributed by atoms with Crippen LogP contribution >= 0.6 is 27.3 Å². The molecule has 0 N–H and O–H groups in total. The van der Waals surface area contributed by atoms with E-state index in [0.29, 0.717) is 10.7 Å². The number of alkyl halides is 1. The predicted octanol–water partition coefficient (Wildman–Crippen LogP) is 3.21. The van der Waals surface area contributed by atoms with Gasteiger partial charge in [-0.05, 0) is 12.3 Å². The standard InChI is InChI=1S/C10H17BrN2OS/c1-4-8(11)10-13-12-9(15-10)5-7(2)6-14-3/h7-8H,4-6H2,1-3H3. The highest BCUT2D eigenvalue weighted by molar-refractivity contribution is 9.09. The second-order valence-corrected chi connectivity index (χ2v) is 5.87. The third kappa shape index (κ3) is 4.17. The molecule has 0 saturated heterocycles. The second-order valence-electron chi connectivity index (χ2n) is 3.67. The molecule has 0 amide bonds. The Hall–Kier alpha value is -0.0000000000000000555. The van der Waals surface area contributed by atoms with Gasteiger partial charge in [0.05, 0.1) is 4.83 Å². The van der Waals surface area contributed by atoms with E-state index in [4.69, 9.17) is 4.74 Å². The van der Waals surface area contributed by atoms with Gasteiger partial charge < -0.3 is 4.74 Å². The molecule has 0 aliphatic carbocycles. The minimum Gasteiger partial charge on any atom is -0.384 e. The molecule has 0 spiro atoms. The molecule has 0 saturated carbocycles. The van der Waals surface area contributed by atoms with Crippen LogP contribution in [-0.4, -0.2) is 23.9 Å². The fourth-order valence-electron chi connectivity index (χ4n) is 1.29. The summed E-state index contributed by atoms with van der Waals surface area (Å²) in [5.74, 6) is 0.506. The van der Waals surface area contributed by atoms with E-state index in [0.717, 1.165) is 29.5 Å². The Morgan fingerprint density at radius 1 is 1.47 bits per heavy atom. The highest BCUT2D eigenvalue weighted by Crippen LogP contribution is 2.29. The Morgan fingerprint density at radius 2 is 2.20 bits per heavy atom. The molecule has 5 heteroatoms. The molecule has 1 aromatic heterocycles. The Bertz CT molecular complexity index is 293. The maximum atomic E-state index is 5.10. The van der Waals surface area contributed by atoms with Gasteiger partial charge in [0.25, 0.3) is 0 Å². The van der Waals surface area contributed by atoms with Crippen molar-refractivity contribution in [1.29, 1.82) is 0 Å². The predicted molar refractivity (Wildman–Crippen MR) is 66.6 cm³/mol. The normalized spacial score (nSPS) is 15.2. The maximum Gasteiger partial charge on any atom is 0.131 e. The van der Waals surface area contributed by atoms with Crippen LogP contribution in [0.25, 0.3) is 0 Å². The van der Waals surface area contributed by atoms with Crippen molar-refractivity contribution >= 4 is 27.3 Å². The van der Waals surface area contributed by atoms with Crippen molar-refractivity contribution in [3.8, 4) is 0 Å². The van der Waals surface area contributed by atoms with Crippen molar-refractivity contribution < 1.29 is 4.74 Å². The molecule has 15 heavy (non-hydrogen) atoms. The van der Waals surface area contributed by atoms with Gasteiger partial charge in [-0.3, -0.25) is 0 Å². The smallest absolute Gasteiger partial charge is 0.131 e. The van der Waals surface area contributed by atoms with Gasteiger partial charge in [-0.2, -0.15) is 0 Å². The van der Waals surface area contributed by atoms with E-state index in [2.05, 4.69) is 40.0 Å². The van der Waals surface area contributed by atoms with Gasteiger partial charge in [-0.25, -0.2) is 0 Å². The van der Waals surface area contributed by atoms with Crippen LogP contribution < -0.4 is 0 Å². The number of aromatic nitrogens is 2. The first-order chi connectivity index (χ1) is 7.17. The largest absolute Gasteiger partial charge is 0.384 e. The molecule has 86 valence electrons. The molecule has 0 aromatic carbocycles. The Labute approximate surface area is 103 Å². The van der Waals surface area contributed by atoms with Crippen LogP contribution in [0.1, 0.15) is 35.1 Å². The zero-order chi connectivity index (χ0) is 11.3. The lowest BCUT2D eigenvalue weighted by atomic mass is 10.1. The summed E-state index contributed by atoms with van der Waals surface area (Å²) in [6, 6.07) is 0. The van der Waals surface area contributed by atoms with Crippen molar-refractivity contribution in [3.63, 3.8) is 0 Å². The minimum atomic E-state index is 0.349. The van der Waals surface area contributed by atoms with Crippen LogP contribution in [0.5, 0.6) is 0 Å². The SMILES string of the molecule is CCC(Br)c1nnc(CC(C)COC)s1. The average Bonchev–Trinajstić information content (AvgIpc) is 2.65. The fourth-order valence-corrected chi connectivity index (χ4v) is 2.73. The zero-order valence-electron chi connectivity index (χ0n) is 9.36. The van der Waals surface area contributed by atoms with Gasteiger partial charge in [-0.15, -0.1) is 21.5 Å². The third-order valence-electron chi connectivity index (χ3n) is 2.08. The molecule has 3 nitrogen and oxygen atoms in total. The summed E-state index contributed by atoms with van der Waals surface area (Å²) in [5, 5.41) is 10.6. The molecule has 0 fully saturated rings.